The van der Waals surface area contributed by atoms with E-state index in [1.165, 1.54) is 27.7 Å². The number of ether oxygens (including phenoxy) is 1. The van der Waals surface area contributed by atoms with Gasteiger partial charge in [-0.15, -0.1) is 0 Å². The van der Waals surface area contributed by atoms with Crippen molar-refractivity contribution < 1.29 is 4.74 Å². The van der Waals surface area contributed by atoms with Crippen molar-refractivity contribution in [3.8, 4) is 5.75 Å². The molecule has 2 heterocycles. The second-order valence-corrected chi connectivity index (χ2v) is 6.91. The average molecular weight is 346 g/mol. The maximum atomic E-state index is 5.86. The van der Waals surface area contributed by atoms with Gasteiger partial charge >= 0.3 is 0 Å². The van der Waals surface area contributed by atoms with Crippen molar-refractivity contribution in [1.29, 1.82) is 0 Å². The molecule has 1 aromatic heterocycles. The van der Waals surface area contributed by atoms with Crippen molar-refractivity contribution in [2.75, 3.05) is 13.2 Å². The van der Waals surface area contributed by atoms with E-state index in [1.54, 1.807) is 6.08 Å². The van der Waals surface area contributed by atoms with E-state index in [0.717, 1.165) is 31.7 Å². The molecule has 1 atom stereocenters. The van der Waals surface area contributed by atoms with E-state index in [-0.39, 0.29) is 0 Å². The number of para-hydroxylation sites is 2. The zero-order chi connectivity index (χ0) is 17.9. The van der Waals surface area contributed by atoms with E-state index in [1.807, 2.05) is 6.07 Å². The Morgan fingerprint density at radius 1 is 1.19 bits per heavy atom. The number of fused-ring (bicyclic) bond motifs is 3. The van der Waals surface area contributed by atoms with Crippen LogP contribution in [0.3, 0.4) is 0 Å². The minimum atomic E-state index is 0.415. The van der Waals surface area contributed by atoms with Crippen LogP contribution < -0.4 is 4.74 Å². The number of aromatic amines is 1. The first kappa shape index (κ1) is 16.9. The molecule has 0 bridgehead atoms. The molecule has 26 heavy (non-hydrogen) atoms. The molecule has 2 aromatic carbocycles. The fourth-order valence-electron chi connectivity index (χ4n) is 4.16. The van der Waals surface area contributed by atoms with Crippen LogP contribution in [0.4, 0.5) is 0 Å². The molecular formula is C23H26N2O. The summed E-state index contributed by atoms with van der Waals surface area (Å²) in [7, 11) is 0. The number of rotatable bonds is 6. The van der Waals surface area contributed by atoms with E-state index in [0.29, 0.717) is 12.6 Å². The van der Waals surface area contributed by atoms with Gasteiger partial charge < -0.3 is 9.72 Å². The summed E-state index contributed by atoms with van der Waals surface area (Å²) in [5.41, 5.74) is 5.39. The molecule has 0 fully saturated rings. The fourth-order valence-corrected chi connectivity index (χ4v) is 4.16. The second kappa shape index (κ2) is 7.38. The van der Waals surface area contributed by atoms with Crippen molar-refractivity contribution in [2.24, 2.45) is 0 Å². The number of hydrogen-bond acceptors (Lipinski definition) is 2. The van der Waals surface area contributed by atoms with Gasteiger partial charge in [-0.2, -0.15) is 0 Å². The van der Waals surface area contributed by atoms with Crippen LogP contribution in [0.5, 0.6) is 5.75 Å². The monoisotopic (exact) mass is 346 g/mol. The van der Waals surface area contributed by atoms with Crippen molar-refractivity contribution in [2.45, 2.75) is 32.4 Å². The Morgan fingerprint density at radius 2 is 2.00 bits per heavy atom. The van der Waals surface area contributed by atoms with Crippen molar-refractivity contribution in [1.82, 2.24) is 9.88 Å². The molecule has 0 spiro atoms. The van der Waals surface area contributed by atoms with Crippen molar-refractivity contribution >= 4 is 10.9 Å². The topological polar surface area (TPSA) is 28.3 Å². The van der Waals surface area contributed by atoms with Crippen LogP contribution in [0.25, 0.3) is 10.9 Å². The predicted molar refractivity (Wildman–Crippen MR) is 108 cm³/mol. The molecule has 0 saturated heterocycles. The Balaban J connectivity index is 1.63. The van der Waals surface area contributed by atoms with Gasteiger partial charge in [-0.1, -0.05) is 56.0 Å². The summed E-state index contributed by atoms with van der Waals surface area (Å²) in [5, 5.41) is 1.38. The van der Waals surface area contributed by atoms with Crippen LogP contribution in [0.15, 0.2) is 61.2 Å². The zero-order valence-corrected chi connectivity index (χ0v) is 15.4. The van der Waals surface area contributed by atoms with Gasteiger partial charge in [-0.05, 0) is 30.5 Å². The average Bonchev–Trinajstić information content (AvgIpc) is 3.06. The molecule has 1 N–H and O–H groups in total. The van der Waals surface area contributed by atoms with Gasteiger partial charge in [0.15, 0.2) is 0 Å². The quantitative estimate of drug-likeness (QED) is 0.618. The van der Waals surface area contributed by atoms with Crippen molar-refractivity contribution in [3.63, 3.8) is 0 Å². The molecular weight excluding hydrogens is 320 g/mol. The Labute approximate surface area is 155 Å². The second-order valence-electron chi connectivity index (χ2n) is 6.91. The smallest absolute Gasteiger partial charge is 0.124 e. The normalized spacial score (nSPS) is 17.2. The summed E-state index contributed by atoms with van der Waals surface area (Å²) in [6.45, 7) is 8.55. The maximum absolute atomic E-state index is 5.86. The van der Waals surface area contributed by atoms with E-state index in [4.69, 9.17) is 4.74 Å². The van der Waals surface area contributed by atoms with E-state index >= 15 is 0 Å². The lowest BCUT2D eigenvalue weighted by Gasteiger charge is -2.35. The first-order valence-electron chi connectivity index (χ1n) is 9.47. The fraction of sp³-hybridized carbons (Fsp3) is 0.304. The van der Waals surface area contributed by atoms with Gasteiger partial charge in [-0.25, -0.2) is 0 Å². The summed E-state index contributed by atoms with van der Waals surface area (Å²) < 4.78 is 5.86. The number of nitrogens with zero attached hydrogens (tertiary/aromatic N) is 1. The minimum Gasteiger partial charge on any atom is -0.489 e. The molecule has 3 nitrogen and oxygen atoms in total. The number of H-pyrrole nitrogens is 1. The highest BCUT2D eigenvalue weighted by Crippen LogP contribution is 2.37. The Bertz CT molecular complexity index is 911. The molecule has 4 rings (SSSR count). The first-order valence-corrected chi connectivity index (χ1v) is 9.47. The third-order valence-electron chi connectivity index (χ3n) is 5.36. The van der Waals surface area contributed by atoms with Crippen LogP contribution >= 0.6 is 0 Å². The SMILES string of the molecule is C=CCOc1ccccc1CN1CCc2c([nH]c3ccccc23)C1CC. The number of hydrogen-bond donors (Lipinski definition) is 1. The third kappa shape index (κ3) is 3.04. The molecule has 0 radical (unpaired) electrons. The van der Waals surface area contributed by atoms with Gasteiger partial charge in [0.05, 0.1) is 6.04 Å². The highest BCUT2D eigenvalue weighted by molar-refractivity contribution is 5.85. The molecule has 0 saturated carbocycles. The predicted octanol–water partition coefficient (Wildman–Crippen LogP) is 5.24. The summed E-state index contributed by atoms with van der Waals surface area (Å²) >= 11 is 0. The van der Waals surface area contributed by atoms with Gasteiger partial charge in [-0.3, -0.25) is 4.90 Å². The lowest BCUT2D eigenvalue weighted by Crippen LogP contribution is -2.34. The molecule has 0 amide bonds. The molecule has 1 aliphatic heterocycles. The molecule has 134 valence electrons. The molecule has 1 unspecified atom stereocenters. The molecule has 3 aromatic rings. The van der Waals surface area contributed by atoms with Crippen LogP contribution in [0, 0.1) is 0 Å². The Kier molecular flexibility index (Phi) is 4.81. The van der Waals surface area contributed by atoms with E-state index in [2.05, 4.69) is 65.9 Å². The van der Waals surface area contributed by atoms with Gasteiger partial charge in [0.1, 0.15) is 12.4 Å². The minimum absolute atomic E-state index is 0.415. The van der Waals surface area contributed by atoms with Crippen LogP contribution in [-0.2, 0) is 13.0 Å². The zero-order valence-electron chi connectivity index (χ0n) is 15.4. The lowest BCUT2D eigenvalue weighted by atomic mass is 9.95. The number of aromatic nitrogens is 1. The Morgan fingerprint density at radius 3 is 2.85 bits per heavy atom. The van der Waals surface area contributed by atoms with Gasteiger partial charge in [0.2, 0.25) is 0 Å². The standard InChI is InChI=1S/C23H26N2O/c1-3-15-26-22-12-8-5-9-17(22)16-25-14-13-19-18-10-6-7-11-20(18)24-23(19)21(25)4-2/h3,5-12,21,24H,1,4,13-16H2,2H3. The Hall–Kier alpha value is -2.52. The van der Waals surface area contributed by atoms with Gasteiger partial charge in [0.25, 0.3) is 0 Å². The van der Waals surface area contributed by atoms with Crippen LogP contribution in [0.1, 0.15) is 36.2 Å². The highest BCUT2D eigenvalue weighted by atomic mass is 16.5. The summed E-state index contributed by atoms with van der Waals surface area (Å²) in [6.07, 6.45) is 3.98. The van der Waals surface area contributed by atoms with Crippen LogP contribution in [0.2, 0.25) is 0 Å². The lowest BCUT2D eigenvalue weighted by molar-refractivity contribution is 0.166. The number of nitrogens with one attached hydrogen (secondary N) is 1. The largest absolute Gasteiger partial charge is 0.489 e. The highest BCUT2D eigenvalue weighted by Gasteiger charge is 2.29. The molecule has 0 aliphatic carbocycles. The van der Waals surface area contributed by atoms with Crippen LogP contribution in [-0.4, -0.2) is 23.0 Å². The summed E-state index contributed by atoms with van der Waals surface area (Å²) in [4.78, 5) is 6.27. The maximum Gasteiger partial charge on any atom is 0.124 e. The van der Waals surface area contributed by atoms with Crippen molar-refractivity contribution in [3.05, 3.63) is 78.0 Å². The number of benzene rings is 2. The first-order chi connectivity index (χ1) is 12.8. The molecule has 1 aliphatic rings. The summed E-state index contributed by atoms with van der Waals surface area (Å²) in [6, 6.07) is 17.4. The van der Waals surface area contributed by atoms with E-state index < -0.39 is 0 Å². The van der Waals surface area contributed by atoms with E-state index in [9.17, 15) is 0 Å². The third-order valence-corrected chi connectivity index (χ3v) is 5.36. The van der Waals surface area contributed by atoms with Gasteiger partial charge in [0, 0.05) is 35.2 Å². The molecule has 3 heteroatoms. The summed E-state index contributed by atoms with van der Waals surface area (Å²) in [5.74, 6) is 0.963.